The monoisotopic (exact) mass is 537 g/mol. The van der Waals surface area contributed by atoms with Crippen molar-refractivity contribution in [3.05, 3.63) is 83.0 Å². The third-order valence-corrected chi connectivity index (χ3v) is 7.38. The van der Waals surface area contributed by atoms with Gasteiger partial charge in [0.1, 0.15) is 11.0 Å². The van der Waals surface area contributed by atoms with Crippen LogP contribution in [0.2, 0.25) is 5.15 Å². The summed E-state index contributed by atoms with van der Waals surface area (Å²) in [5.74, 6) is 0.898. The summed E-state index contributed by atoms with van der Waals surface area (Å²) >= 11 is 7.58. The molecule has 37 heavy (non-hydrogen) atoms. The summed E-state index contributed by atoms with van der Waals surface area (Å²) in [6.45, 7) is 5.91. The van der Waals surface area contributed by atoms with Gasteiger partial charge in [0.15, 0.2) is 5.16 Å². The Kier molecular flexibility index (Phi) is 9.41. The standard InChI is InChI=1S/C28H32ClN5O2S/c1-20(13-14-22-9-5-3-6-10-22)30-26(35)19-37-28-31-24(29)17-25(32-28)33-15-16-34(21(2)18-33)27(36)23-11-7-4-8-12-23/h3-12,17,20-21H,13-16,18-19H2,1-2H3,(H,30,35). The molecule has 9 heteroatoms. The maximum atomic E-state index is 12.9. The number of halogens is 1. The summed E-state index contributed by atoms with van der Waals surface area (Å²) in [5, 5.41) is 3.85. The van der Waals surface area contributed by atoms with Crippen molar-refractivity contribution in [1.82, 2.24) is 20.2 Å². The van der Waals surface area contributed by atoms with E-state index in [9.17, 15) is 9.59 Å². The summed E-state index contributed by atoms with van der Waals surface area (Å²) in [5.41, 5.74) is 1.96. The average Bonchev–Trinajstić information content (AvgIpc) is 2.91. The molecule has 1 saturated heterocycles. The fraction of sp³-hybridized carbons (Fsp3) is 0.357. The molecule has 2 amide bonds. The molecular formula is C28H32ClN5O2S. The summed E-state index contributed by atoms with van der Waals surface area (Å²) in [4.78, 5) is 38.4. The molecular weight excluding hydrogens is 506 g/mol. The van der Waals surface area contributed by atoms with Gasteiger partial charge in [-0.1, -0.05) is 71.9 Å². The highest BCUT2D eigenvalue weighted by Crippen LogP contribution is 2.24. The molecule has 3 aromatic rings. The molecule has 0 bridgehead atoms. The third kappa shape index (κ3) is 7.69. The highest BCUT2D eigenvalue weighted by molar-refractivity contribution is 7.99. The molecule has 1 aliphatic rings. The Morgan fingerprint density at radius 2 is 1.78 bits per heavy atom. The number of aromatic nitrogens is 2. The maximum Gasteiger partial charge on any atom is 0.254 e. The molecule has 1 aliphatic heterocycles. The predicted molar refractivity (Wildman–Crippen MR) is 149 cm³/mol. The number of amides is 2. The average molecular weight is 538 g/mol. The van der Waals surface area contributed by atoms with Crippen LogP contribution >= 0.6 is 23.4 Å². The van der Waals surface area contributed by atoms with Crippen LogP contribution in [0.3, 0.4) is 0 Å². The van der Waals surface area contributed by atoms with E-state index in [1.807, 2.05) is 67.3 Å². The Morgan fingerprint density at radius 1 is 1.08 bits per heavy atom. The number of aryl methyl sites for hydroxylation is 1. The summed E-state index contributed by atoms with van der Waals surface area (Å²) in [6.07, 6.45) is 1.79. The van der Waals surface area contributed by atoms with Gasteiger partial charge < -0.3 is 15.1 Å². The van der Waals surface area contributed by atoms with Crippen molar-refractivity contribution in [3.8, 4) is 0 Å². The van der Waals surface area contributed by atoms with Crippen molar-refractivity contribution in [1.29, 1.82) is 0 Å². The van der Waals surface area contributed by atoms with E-state index < -0.39 is 0 Å². The SMILES string of the molecule is CC(CCc1ccccc1)NC(=O)CSc1nc(Cl)cc(N2CCN(C(=O)c3ccccc3)C(C)C2)n1. The minimum absolute atomic E-state index is 0.00875. The number of rotatable bonds is 9. The van der Waals surface area contributed by atoms with Crippen molar-refractivity contribution >= 4 is 41.0 Å². The molecule has 2 unspecified atom stereocenters. The van der Waals surface area contributed by atoms with Crippen LogP contribution in [0.4, 0.5) is 5.82 Å². The second kappa shape index (κ2) is 12.9. The Balaban J connectivity index is 1.29. The Labute approximate surface area is 227 Å². The zero-order valence-corrected chi connectivity index (χ0v) is 22.7. The first-order chi connectivity index (χ1) is 17.9. The zero-order chi connectivity index (χ0) is 26.2. The predicted octanol–water partition coefficient (Wildman–Crippen LogP) is 4.71. The lowest BCUT2D eigenvalue weighted by atomic mass is 10.1. The van der Waals surface area contributed by atoms with Crippen LogP contribution in [-0.4, -0.2) is 64.2 Å². The molecule has 1 fully saturated rings. The molecule has 7 nitrogen and oxygen atoms in total. The van der Waals surface area contributed by atoms with E-state index in [2.05, 4.69) is 32.3 Å². The van der Waals surface area contributed by atoms with E-state index in [1.165, 1.54) is 17.3 Å². The molecule has 0 saturated carbocycles. The van der Waals surface area contributed by atoms with Crippen molar-refractivity contribution in [2.75, 3.05) is 30.3 Å². The highest BCUT2D eigenvalue weighted by atomic mass is 35.5. The number of benzene rings is 2. The van der Waals surface area contributed by atoms with Gasteiger partial charge in [-0.25, -0.2) is 9.97 Å². The number of carbonyl (C=O) groups is 2. The summed E-state index contributed by atoms with van der Waals surface area (Å²) in [7, 11) is 0. The molecule has 1 aromatic heterocycles. The summed E-state index contributed by atoms with van der Waals surface area (Å²) in [6, 6.07) is 21.4. The second-order valence-corrected chi connectivity index (χ2v) is 10.6. The van der Waals surface area contributed by atoms with Crippen LogP contribution in [-0.2, 0) is 11.2 Å². The number of hydrogen-bond donors (Lipinski definition) is 1. The van der Waals surface area contributed by atoms with Gasteiger partial charge in [0, 0.05) is 43.3 Å². The number of hydrogen-bond acceptors (Lipinski definition) is 6. The third-order valence-electron chi connectivity index (χ3n) is 6.34. The molecule has 0 spiro atoms. The number of thioether (sulfide) groups is 1. The van der Waals surface area contributed by atoms with E-state index in [0.717, 1.165) is 12.8 Å². The topological polar surface area (TPSA) is 78.4 Å². The van der Waals surface area contributed by atoms with Crippen LogP contribution < -0.4 is 10.2 Å². The minimum Gasteiger partial charge on any atom is -0.353 e. The van der Waals surface area contributed by atoms with Crippen molar-refractivity contribution in [2.24, 2.45) is 0 Å². The Morgan fingerprint density at radius 3 is 2.49 bits per heavy atom. The normalized spacial score (nSPS) is 16.4. The molecule has 2 atom stereocenters. The molecule has 2 aromatic carbocycles. The van der Waals surface area contributed by atoms with Gasteiger partial charge in [-0.2, -0.15) is 0 Å². The van der Waals surface area contributed by atoms with Crippen LogP contribution in [0, 0.1) is 0 Å². The van der Waals surface area contributed by atoms with Gasteiger partial charge in [0.25, 0.3) is 5.91 Å². The first-order valence-electron chi connectivity index (χ1n) is 12.5. The van der Waals surface area contributed by atoms with E-state index in [-0.39, 0.29) is 29.7 Å². The van der Waals surface area contributed by atoms with Crippen molar-refractivity contribution < 1.29 is 9.59 Å². The quantitative estimate of drug-likeness (QED) is 0.242. The molecule has 194 valence electrons. The maximum absolute atomic E-state index is 12.9. The van der Waals surface area contributed by atoms with E-state index in [0.29, 0.717) is 41.3 Å². The summed E-state index contributed by atoms with van der Waals surface area (Å²) < 4.78 is 0. The Hall–Kier alpha value is -3.10. The number of nitrogens with zero attached hydrogens (tertiary/aromatic N) is 4. The van der Waals surface area contributed by atoms with E-state index >= 15 is 0 Å². The van der Waals surface area contributed by atoms with Crippen LogP contribution in [0.25, 0.3) is 0 Å². The lowest BCUT2D eigenvalue weighted by molar-refractivity contribution is -0.119. The van der Waals surface area contributed by atoms with Crippen molar-refractivity contribution in [3.63, 3.8) is 0 Å². The minimum atomic E-state index is -0.0580. The number of piperazine rings is 1. The number of anilines is 1. The second-order valence-electron chi connectivity index (χ2n) is 9.27. The molecule has 2 heterocycles. The first-order valence-corrected chi connectivity index (χ1v) is 13.9. The van der Waals surface area contributed by atoms with E-state index in [4.69, 9.17) is 11.6 Å². The van der Waals surface area contributed by atoms with Crippen molar-refractivity contribution in [2.45, 2.75) is 43.9 Å². The fourth-order valence-corrected chi connectivity index (χ4v) is 5.26. The van der Waals surface area contributed by atoms with Gasteiger partial charge in [0.2, 0.25) is 5.91 Å². The lowest BCUT2D eigenvalue weighted by Gasteiger charge is -2.40. The molecule has 1 N–H and O–H groups in total. The molecule has 0 radical (unpaired) electrons. The molecule has 0 aliphatic carbocycles. The zero-order valence-electron chi connectivity index (χ0n) is 21.1. The van der Waals surface area contributed by atoms with Gasteiger partial charge in [-0.05, 0) is 44.4 Å². The van der Waals surface area contributed by atoms with Gasteiger partial charge in [0.05, 0.1) is 5.75 Å². The van der Waals surface area contributed by atoms with Crippen LogP contribution in [0.5, 0.6) is 0 Å². The fourth-order valence-electron chi connectivity index (χ4n) is 4.37. The largest absolute Gasteiger partial charge is 0.353 e. The van der Waals surface area contributed by atoms with Gasteiger partial charge >= 0.3 is 0 Å². The number of nitrogens with one attached hydrogen (secondary N) is 1. The smallest absolute Gasteiger partial charge is 0.254 e. The van der Waals surface area contributed by atoms with Gasteiger partial charge in [-0.3, -0.25) is 9.59 Å². The van der Waals surface area contributed by atoms with Crippen LogP contribution in [0.1, 0.15) is 36.2 Å². The first kappa shape index (κ1) is 26.9. The van der Waals surface area contributed by atoms with E-state index in [1.54, 1.807) is 6.07 Å². The van der Waals surface area contributed by atoms with Crippen LogP contribution in [0.15, 0.2) is 71.9 Å². The highest BCUT2D eigenvalue weighted by Gasteiger charge is 2.29. The number of carbonyl (C=O) groups excluding carboxylic acids is 2. The lowest BCUT2D eigenvalue weighted by Crippen LogP contribution is -2.54. The Bertz CT molecular complexity index is 1200. The van der Waals surface area contributed by atoms with Gasteiger partial charge in [-0.15, -0.1) is 0 Å². The molecule has 4 rings (SSSR count).